The number of nitrogens with one attached hydrogen (secondary N) is 1. The molecule has 1 amide bonds. The van der Waals surface area contributed by atoms with Gasteiger partial charge < -0.3 is 0 Å². The van der Waals surface area contributed by atoms with Crippen molar-refractivity contribution in [2.24, 2.45) is 17.3 Å². The zero-order valence-electron chi connectivity index (χ0n) is 22.1. The van der Waals surface area contributed by atoms with Crippen LogP contribution >= 0.6 is 0 Å². The molecule has 2 N–H and O–H groups in total. The lowest BCUT2D eigenvalue weighted by molar-refractivity contribution is 0.0706. The summed E-state index contributed by atoms with van der Waals surface area (Å²) in [4.78, 5) is 16.5. The Morgan fingerprint density at radius 3 is 2.46 bits per heavy atom. The van der Waals surface area contributed by atoms with Crippen LogP contribution in [0.1, 0.15) is 42.1 Å². The predicted molar refractivity (Wildman–Crippen MR) is 147 cm³/mol. The first-order valence-electron chi connectivity index (χ1n) is 13.3. The van der Waals surface area contributed by atoms with Gasteiger partial charge in [0.05, 0.1) is 6.54 Å². The van der Waals surface area contributed by atoms with E-state index in [1.165, 1.54) is 11.1 Å². The molecule has 7 nitrogen and oxygen atoms in total. The number of hydrogen-bond donors (Lipinski definition) is 2. The molecule has 0 unspecified atom stereocenters. The van der Waals surface area contributed by atoms with Gasteiger partial charge in [-0.3, -0.25) is 24.5 Å². The summed E-state index contributed by atoms with van der Waals surface area (Å²) in [5.41, 5.74) is 5.93. The highest BCUT2D eigenvalue weighted by Crippen LogP contribution is 2.49. The average Bonchev–Trinajstić information content (AvgIpc) is 3.43. The number of hydrogen-bond acceptors (Lipinski definition) is 5. The minimum absolute atomic E-state index is 0.0699. The van der Waals surface area contributed by atoms with Crippen molar-refractivity contribution in [2.75, 3.05) is 32.7 Å². The van der Waals surface area contributed by atoms with Gasteiger partial charge in [0.1, 0.15) is 0 Å². The molecule has 0 bridgehead atoms. The maximum atomic E-state index is 11.5. The molecule has 2 aromatic rings. The lowest BCUT2D eigenvalue weighted by Crippen LogP contribution is -2.47. The molecule has 2 fully saturated rings. The second kappa shape index (κ2) is 12.0. The second-order valence-corrected chi connectivity index (χ2v) is 10.9. The van der Waals surface area contributed by atoms with Gasteiger partial charge in [-0.2, -0.15) is 5.10 Å². The highest BCUT2D eigenvalue weighted by atomic mass is 16.5. The Morgan fingerprint density at radius 1 is 1.14 bits per heavy atom. The molecule has 0 radical (unpaired) electrons. The molecule has 2 heterocycles. The second-order valence-electron chi connectivity index (χ2n) is 10.9. The molecule has 4 rings (SSSR count). The van der Waals surface area contributed by atoms with Gasteiger partial charge in [0.2, 0.25) is 0 Å². The summed E-state index contributed by atoms with van der Waals surface area (Å²) in [7, 11) is 0. The van der Waals surface area contributed by atoms with E-state index >= 15 is 0 Å². The molecular weight excluding hydrogens is 462 g/mol. The fourth-order valence-electron chi connectivity index (χ4n) is 5.90. The number of carbonyl (C=O) groups is 1. The van der Waals surface area contributed by atoms with Gasteiger partial charge in [0.15, 0.2) is 0 Å². The summed E-state index contributed by atoms with van der Waals surface area (Å²) in [6, 6.07) is 9.36. The van der Waals surface area contributed by atoms with Crippen LogP contribution in [0, 0.1) is 17.3 Å². The van der Waals surface area contributed by atoms with Gasteiger partial charge in [0, 0.05) is 57.2 Å². The average molecular weight is 504 g/mol. The van der Waals surface area contributed by atoms with Crippen molar-refractivity contribution in [3.05, 3.63) is 90.8 Å². The first-order chi connectivity index (χ1) is 17.8. The number of allylic oxidation sites excluding steroid dienone is 2. The molecule has 37 heavy (non-hydrogen) atoms. The highest BCUT2D eigenvalue weighted by Gasteiger charge is 2.40. The normalized spacial score (nSPS) is 24.9. The molecule has 0 spiro atoms. The van der Waals surface area contributed by atoms with Gasteiger partial charge in [-0.1, -0.05) is 49.4 Å². The number of rotatable bonds is 10. The third kappa shape index (κ3) is 6.66. The molecule has 1 aliphatic heterocycles. The van der Waals surface area contributed by atoms with Crippen molar-refractivity contribution < 1.29 is 10.0 Å². The van der Waals surface area contributed by atoms with Crippen molar-refractivity contribution >= 4 is 5.91 Å². The minimum atomic E-state index is -0.487. The van der Waals surface area contributed by atoms with Crippen LogP contribution in [0.25, 0.3) is 0 Å². The lowest BCUT2D eigenvalue weighted by Gasteiger charge is -2.45. The molecule has 198 valence electrons. The third-order valence-corrected chi connectivity index (χ3v) is 8.42. The molecule has 1 aromatic heterocycles. The van der Waals surface area contributed by atoms with E-state index < -0.39 is 5.91 Å². The van der Waals surface area contributed by atoms with Gasteiger partial charge >= 0.3 is 0 Å². The number of hydroxylamine groups is 1. The smallest absolute Gasteiger partial charge is 0.274 e. The predicted octanol–water partition coefficient (Wildman–Crippen LogP) is 4.54. The summed E-state index contributed by atoms with van der Waals surface area (Å²) in [6.07, 6.45) is 9.30. The van der Waals surface area contributed by atoms with Crippen molar-refractivity contribution in [2.45, 2.75) is 39.3 Å². The fraction of sp³-hybridized carbons (Fsp3) is 0.467. The first kappa shape index (κ1) is 27.0. The molecular formula is C30H41N5O2. The van der Waals surface area contributed by atoms with E-state index in [1.54, 1.807) is 17.6 Å². The summed E-state index contributed by atoms with van der Waals surface area (Å²) in [5, 5.41) is 13.1. The van der Waals surface area contributed by atoms with E-state index in [2.05, 4.69) is 47.6 Å². The monoisotopic (exact) mass is 503 g/mol. The summed E-state index contributed by atoms with van der Waals surface area (Å²) in [6.45, 7) is 22.2. The molecule has 2 aliphatic rings. The molecule has 7 heteroatoms. The minimum Gasteiger partial charge on any atom is -0.297 e. The quantitative estimate of drug-likeness (QED) is 0.283. The zero-order valence-corrected chi connectivity index (χ0v) is 22.1. The number of amides is 1. The van der Waals surface area contributed by atoms with E-state index in [9.17, 15) is 4.79 Å². The SMILES string of the molecule is C=C[C@]1(C)CC[C@@H](C(=C)Cn2cccn2)C[C@H]1C(=C)CN1CCN(Cc2ccc(C(=O)NO)cc2)CC1. The van der Waals surface area contributed by atoms with Gasteiger partial charge in [-0.15, -0.1) is 6.58 Å². The van der Waals surface area contributed by atoms with Crippen LogP contribution in [-0.4, -0.2) is 63.4 Å². The first-order valence-corrected chi connectivity index (χ1v) is 13.3. The van der Waals surface area contributed by atoms with Gasteiger partial charge in [0.25, 0.3) is 5.91 Å². The Labute approximate surface area is 221 Å². The third-order valence-electron chi connectivity index (χ3n) is 8.42. The highest BCUT2D eigenvalue weighted by molar-refractivity contribution is 5.93. The lowest BCUT2D eigenvalue weighted by atomic mass is 9.61. The van der Waals surface area contributed by atoms with Crippen LogP contribution in [0.15, 0.2) is 79.7 Å². The number of carbonyl (C=O) groups excluding carboxylic acids is 1. The fourth-order valence-corrected chi connectivity index (χ4v) is 5.90. The number of aromatic nitrogens is 2. The van der Waals surface area contributed by atoms with Gasteiger partial charge in [-0.05, 0) is 60.3 Å². The Balaban J connectivity index is 1.29. The Morgan fingerprint density at radius 2 is 1.84 bits per heavy atom. The van der Waals surface area contributed by atoms with Crippen molar-refractivity contribution in [3.63, 3.8) is 0 Å². The van der Waals surface area contributed by atoms with Crippen LogP contribution < -0.4 is 5.48 Å². The van der Waals surface area contributed by atoms with E-state index in [-0.39, 0.29) is 5.41 Å². The summed E-state index contributed by atoms with van der Waals surface area (Å²) in [5.74, 6) is 0.385. The Bertz CT molecular complexity index is 1090. The number of nitrogens with zero attached hydrogens (tertiary/aromatic N) is 4. The van der Waals surface area contributed by atoms with Crippen molar-refractivity contribution in [3.8, 4) is 0 Å². The maximum absolute atomic E-state index is 11.5. The van der Waals surface area contributed by atoms with Crippen molar-refractivity contribution in [1.82, 2.24) is 25.1 Å². The maximum Gasteiger partial charge on any atom is 0.274 e. The van der Waals surface area contributed by atoms with E-state index in [0.29, 0.717) is 17.4 Å². The molecule has 1 aliphatic carbocycles. The van der Waals surface area contributed by atoms with Crippen LogP contribution in [0.5, 0.6) is 0 Å². The standard InChI is InChI=1S/C30H41N5O2/c1-5-30(4)12-11-27(23(2)21-35-14-6-13-31-35)19-28(30)24(3)20-33-15-17-34(18-16-33)22-25-7-9-26(10-8-25)29(36)32-37/h5-10,13-14,27-28,37H,1-3,11-12,15-22H2,4H3,(H,32,36)/t27-,28+,30-/m1/s1. The Hall–Kier alpha value is -3.00. The zero-order chi connectivity index (χ0) is 26.4. The van der Waals surface area contributed by atoms with Crippen LogP contribution in [-0.2, 0) is 13.1 Å². The summed E-state index contributed by atoms with van der Waals surface area (Å²) >= 11 is 0. The number of piperazine rings is 1. The largest absolute Gasteiger partial charge is 0.297 e. The number of benzene rings is 1. The van der Waals surface area contributed by atoms with Crippen LogP contribution in [0.2, 0.25) is 0 Å². The van der Waals surface area contributed by atoms with Crippen LogP contribution in [0.3, 0.4) is 0 Å². The molecule has 3 atom stereocenters. The summed E-state index contributed by atoms with van der Waals surface area (Å²) < 4.78 is 1.97. The van der Waals surface area contributed by atoms with Gasteiger partial charge in [-0.25, -0.2) is 5.48 Å². The molecule has 1 aromatic carbocycles. The Kier molecular flexibility index (Phi) is 8.79. The van der Waals surface area contributed by atoms with Crippen molar-refractivity contribution in [1.29, 1.82) is 0 Å². The van der Waals surface area contributed by atoms with E-state index in [0.717, 1.165) is 70.6 Å². The topological polar surface area (TPSA) is 73.6 Å². The van der Waals surface area contributed by atoms with E-state index in [1.807, 2.05) is 35.3 Å². The molecule has 1 saturated heterocycles. The van der Waals surface area contributed by atoms with E-state index in [4.69, 9.17) is 5.21 Å². The van der Waals surface area contributed by atoms with Crippen LogP contribution in [0.4, 0.5) is 0 Å². The molecule has 1 saturated carbocycles.